The third-order valence-corrected chi connectivity index (χ3v) is 2.50. The molecule has 0 aliphatic rings. The third-order valence-electron chi connectivity index (χ3n) is 2.50. The van der Waals surface area contributed by atoms with E-state index in [-0.39, 0.29) is 0 Å². The van der Waals surface area contributed by atoms with Crippen molar-refractivity contribution in [3.8, 4) is 6.07 Å². The molecule has 0 N–H and O–H groups in total. The molecule has 0 bridgehead atoms. The Hall–Kier alpha value is -1.82. The summed E-state index contributed by atoms with van der Waals surface area (Å²) in [4.78, 5) is 4.30. The highest BCUT2D eigenvalue weighted by Gasteiger charge is 2.02. The van der Waals surface area contributed by atoms with E-state index in [1.54, 1.807) is 6.07 Å². The zero-order valence-electron chi connectivity index (χ0n) is 8.77. The van der Waals surface area contributed by atoms with Gasteiger partial charge in [0.05, 0.1) is 29.0 Å². The Kier molecular flexibility index (Phi) is 2.68. The van der Waals surface area contributed by atoms with Crippen LogP contribution in [0.2, 0.25) is 0 Å². The van der Waals surface area contributed by atoms with Gasteiger partial charge in [-0.3, -0.25) is 0 Å². The van der Waals surface area contributed by atoms with E-state index in [0.29, 0.717) is 5.56 Å². The van der Waals surface area contributed by atoms with Gasteiger partial charge in [0.1, 0.15) is 0 Å². The van der Waals surface area contributed by atoms with Crippen LogP contribution in [0.5, 0.6) is 0 Å². The van der Waals surface area contributed by atoms with Crippen molar-refractivity contribution in [1.82, 2.24) is 9.55 Å². The summed E-state index contributed by atoms with van der Waals surface area (Å²) in [6.07, 6.45) is 4.15. The number of hydrogen-bond acceptors (Lipinski definition) is 2. The molecule has 0 aliphatic carbocycles. The predicted molar refractivity (Wildman–Crippen MR) is 59.4 cm³/mol. The normalized spacial score (nSPS) is 10.4. The first-order chi connectivity index (χ1) is 7.35. The van der Waals surface area contributed by atoms with Gasteiger partial charge < -0.3 is 4.57 Å². The summed E-state index contributed by atoms with van der Waals surface area (Å²) in [6.45, 7) is 3.14. The van der Waals surface area contributed by atoms with Crippen LogP contribution in [-0.2, 0) is 6.54 Å². The molecule has 76 valence electrons. The number of fused-ring (bicyclic) bond motifs is 1. The molecule has 0 unspecified atom stereocenters. The van der Waals surface area contributed by atoms with Crippen LogP contribution in [0.15, 0.2) is 24.5 Å². The maximum Gasteiger partial charge on any atom is 0.0992 e. The molecule has 0 fully saturated rings. The molecule has 0 radical (unpaired) electrons. The maximum absolute atomic E-state index is 8.82. The number of aryl methyl sites for hydroxylation is 1. The zero-order valence-corrected chi connectivity index (χ0v) is 8.77. The lowest BCUT2D eigenvalue weighted by Crippen LogP contribution is -1.95. The summed E-state index contributed by atoms with van der Waals surface area (Å²) in [5.74, 6) is 0. The molecule has 15 heavy (non-hydrogen) atoms. The second-order valence-electron chi connectivity index (χ2n) is 3.61. The lowest BCUT2D eigenvalue weighted by Gasteiger charge is -2.02. The molecular weight excluding hydrogens is 186 g/mol. The van der Waals surface area contributed by atoms with Gasteiger partial charge in [0.25, 0.3) is 0 Å². The van der Waals surface area contributed by atoms with E-state index in [9.17, 15) is 0 Å². The summed E-state index contributed by atoms with van der Waals surface area (Å²) in [7, 11) is 0. The number of nitriles is 1. The molecule has 0 amide bonds. The standard InChI is InChI=1S/C12H13N3/c1-2-3-6-15-9-14-11-5-4-10(8-13)7-12(11)15/h4-5,7,9H,2-3,6H2,1H3. The number of benzene rings is 1. The molecule has 0 saturated heterocycles. The minimum Gasteiger partial charge on any atom is -0.331 e. The van der Waals surface area contributed by atoms with Crippen molar-refractivity contribution in [1.29, 1.82) is 5.26 Å². The van der Waals surface area contributed by atoms with Gasteiger partial charge in [-0.1, -0.05) is 13.3 Å². The lowest BCUT2D eigenvalue weighted by atomic mass is 10.2. The Morgan fingerprint density at radius 1 is 1.47 bits per heavy atom. The molecule has 3 heteroatoms. The van der Waals surface area contributed by atoms with Gasteiger partial charge in [-0.05, 0) is 24.6 Å². The zero-order chi connectivity index (χ0) is 10.7. The number of hydrogen-bond donors (Lipinski definition) is 0. The monoisotopic (exact) mass is 199 g/mol. The van der Waals surface area contributed by atoms with Gasteiger partial charge in [0, 0.05) is 6.54 Å². The quantitative estimate of drug-likeness (QED) is 0.762. The molecule has 0 aliphatic heterocycles. The summed E-state index contributed by atoms with van der Waals surface area (Å²) in [6, 6.07) is 7.76. The van der Waals surface area contributed by atoms with E-state index in [4.69, 9.17) is 5.26 Å². The van der Waals surface area contributed by atoms with Crippen LogP contribution in [0.4, 0.5) is 0 Å². The Morgan fingerprint density at radius 2 is 2.33 bits per heavy atom. The Morgan fingerprint density at radius 3 is 3.07 bits per heavy atom. The van der Waals surface area contributed by atoms with Crippen molar-refractivity contribution < 1.29 is 0 Å². The van der Waals surface area contributed by atoms with Crippen LogP contribution in [0.25, 0.3) is 11.0 Å². The first-order valence-corrected chi connectivity index (χ1v) is 5.20. The molecule has 2 aromatic rings. The fraction of sp³-hybridized carbons (Fsp3) is 0.333. The van der Waals surface area contributed by atoms with Gasteiger partial charge in [0.15, 0.2) is 0 Å². The topological polar surface area (TPSA) is 41.6 Å². The van der Waals surface area contributed by atoms with E-state index in [0.717, 1.165) is 30.4 Å². The molecule has 0 atom stereocenters. The van der Waals surface area contributed by atoms with Crippen LogP contribution in [-0.4, -0.2) is 9.55 Å². The minimum absolute atomic E-state index is 0.695. The van der Waals surface area contributed by atoms with Gasteiger partial charge in [0.2, 0.25) is 0 Å². The van der Waals surface area contributed by atoms with Crippen LogP contribution in [0.3, 0.4) is 0 Å². The average molecular weight is 199 g/mol. The second-order valence-corrected chi connectivity index (χ2v) is 3.61. The van der Waals surface area contributed by atoms with Gasteiger partial charge in [-0.25, -0.2) is 4.98 Å². The summed E-state index contributed by atoms with van der Waals surface area (Å²) >= 11 is 0. The minimum atomic E-state index is 0.695. The van der Waals surface area contributed by atoms with Crippen LogP contribution in [0.1, 0.15) is 25.3 Å². The SMILES string of the molecule is CCCCn1cnc2ccc(C#N)cc21. The van der Waals surface area contributed by atoms with Crippen molar-refractivity contribution in [2.24, 2.45) is 0 Å². The molecule has 3 nitrogen and oxygen atoms in total. The Labute approximate surface area is 89.0 Å². The second kappa shape index (κ2) is 4.14. The van der Waals surface area contributed by atoms with Crippen molar-refractivity contribution in [3.05, 3.63) is 30.1 Å². The van der Waals surface area contributed by atoms with E-state index in [1.165, 1.54) is 0 Å². The fourth-order valence-corrected chi connectivity index (χ4v) is 1.63. The molecule has 1 heterocycles. The first-order valence-electron chi connectivity index (χ1n) is 5.20. The number of unbranched alkanes of at least 4 members (excludes halogenated alkanes) is 1. The van der Waals surface area contributed by atoms with Crippen molar-refractivity contribution in [3.63, 3.8) is 0 Å². The first kappa shape index (κ1) is 9.72. The summed E-state index contributed by atoms with van der Waals surface area (Å²) < 4.78 is 2.11. The summed E-state index contributed by atoms with van der Waals surface area (Å²) in [5, 5.41) is 8.82. The van der Waals surface area contributed by atoms with E-state index in [1.807, 2.05) is 18.5 Å². The number of aromatic nitrogens is 2. The maximum atomic E-state index is 8.82. The number of imidazole rings is 1. The molecule has 1 aromatic heterocycles. The molecule has 0 saturated carbocycles. The lowest BCUT2D eigenvalue weighted by molar-refractivity contribution is 0.645. The van der Waals surface area contributed by atoms with E-state index < -0.39 is 0 Å². The summed E-state index contributed by atoms with van der Waals surface area (Å²) in [5.41, 5.74) is 2.72. The van der Waals surface area contributed by atoms with Gasteiger partial charge >= 0.3 is 0 Å². The third kappa shape index (κ3) is 1.84. The fourth-order valence-electron chi connectivity index (χ4n) is 1.63. The van der Waals surface area contributed by atoms with Crippen LogP contribution >= 0.6 is 0 Å². The average Bonchev–Trinajstić information content (AvgIpc) is 2.68. The molecule has 1 aromatic carbocycles. The van der Waals surface area contributed by atoms with E-state index in [2.05, 4.69) is 22.5 Å². The van der Waals surface area contributed by atoms with E-state index >= 15 is 0 Å². The van der Waals surface area contributed by atoms with Crippen molar-refractivity contribution in [2.45, 2.75) is 26.3 Å². The van der Waals surface area contributed by atoms with Gasteiger partial charge in [-0.2, -0.15) is 5.26 Å². The Balaban J connectivity index is 2.43. The van der Waals surface area contributed by atoms with Gasteiger partial charge in [-0.15, -0.1) is 0 Å². The highest BCUT2D eigenvalue weighted by Crippen LogP contribution is 2.15. The van der Waals surface area contributed by atoms with Crippen molar-refractivity contribution in [2.75, 3.05) is 0 Å². The van der Waals surface area contributed by atoms with Crippen LogP contribution in [0, 0.1) is 11.3 Å². The van der Waals surface area contributed by atoms with Crippen LogP contribution < -0.4 is 0 Å². The largest absolute Gasteiger partial charge is 0.331 e. The number of nitrogens with zero attached hydrogens (tertiary/aromatic N) is 3. The highest BCUT2D eigenvalue weighted by molar-refractivity contribution is 5.76. The smallest absolute Gasteiger partial charge is 0.0992 e. The number of rotatable bonds is 3. The molecular formula is C12H13N3. The van der Waals surface area contributed by atoms with Crippen molar-refractivity contribution >= 4 is 11.0 Å². The predicted octanol–water partition coefficient (Wildman–Crippen LogP) is 2.71. The molecule has 2 rings (SSSR count). The highest BCUT2D eigenvalue weighted by atomic mass is 15.0. The molecule has 0 spiro atoms. The Bertz CT molecular complexity index is 505.